The normalized spacial score (nSPS) is 12.1. The van der Waals surface area contributed by atoms with Crippen molar-refractivity contribution in [2.24, 2.45) is 0 Å². The molecule has 0 aromatic heterocycles. The minimum absolute atomic E-state index is 0.0619. The van der Waals surface area contributed by atoms with E-state index in [0.717, 1.165) is 5.39 Å². The molecule has 1 unspecified atom stereocenters. The van der Waals surface area contributed by atoms with Gasteiger partial charge >= 0.3 is 5.97 Å². The molecule has 0 aliphatic rings. The molecular weight excluding hydrogens is 246 g/mol. The van der Waals surface area contributed by atoms with Gasteiger partial charge < -0.3 is 15.5 Å². The van der Waals surface area contributed by atoms with E-state index >= 15 is 0 Å². The summed E-state index contributed by atoms with van der Waals surface area (Å²) in [5.74, 6) is -1.89. The molecule has 0 saturated carbocycles. The number of benzene rings is 2. The number of rotatable bonds is 3. The van der Waals surface area contributed by atoms with E-state index in [1.807, 2.05) is 12.1 Å². The maximum atomic E-state index is 11.9. The number of hydrogen-bond acceptors (Lipinski definition) is 3. The number of aromatic hydroxyl groups is 1. The largest absolute Gasteiger partial charge is 0.506 e. The van der Waals surface area contributed by atoms with E-state index in [9.17, 15) is 14.7 Å². The number of fused-ring (bicyclic) bond motifs is 1. The van der Waals surface area contributed by atoms with Crippen LogP contribution in [0.1, 0.15) is 17.3 Å². The van der Waals surface area contributed by atoms with E-state index in [-0.39, 0.29) is 11.3 Å². The SMILES string of the molecule is CC(NC(=O)c1ccc2ccccc2c1O)C(=O)O. The molecule has 0 radical (unpaired) electrons. The third-order valence-electron chi connectivity index (χ3n) is 2.86. The molecule has 0 spiro atoms. The van der Waals surface area contributed by atoms with E-state index in [1.165, 1.54) is 13.0 Å². The van der Waals surface area contributed by atoms with E-state index in [0.29, 0.717) is 5.39 Å². The van der Waals surface area contributed by atoms with Crippen LogP contribution in [0.15, 0.2) is 36.4 Å². The number of amides is 1. The van der Waals surface area contributed by atoms with Crippen molar-refractivity contribution >= 4 is 22.6 Å². The third kappa shape index (κ3) is 2.49. The first-order valence-corrected chi connectivity index (χ1v) is 5.75. The van der Waals surface area contributed by atoms with Crippen LogP contribution in [0.4, 0.5) is 0 Å². The zero-order valence-corrected chi connectivity index (χ0v) is 10.3. The summed E-state index contributed by atoms with van der Waals surface area (Å²) in [5.41, 5.74) is 0.0619. The molecule has 1 amide bonds. The van der Waals surface area contributed by atoms with Crippen LogP contribution in [0.5, 0.6) is 5.75 Å². The van der Waals surface area contributed by atoms with Crippen molar-refractivity contribution in [1.82, 2.24) is 5.32 Å². The number of carboxylic acid groups (broad SMARTS) is 1. The highest BCUT2D eigenvalue weighted by molar-refractivity contribution is 6.04. The molecular formula is C14H13NO4. The Bertz CT molecular complexity index is 651. The number of hydrogen-bond donors (Lipinski definition) is 3. The first-order chi connectivity index (χ1) is 9.00. The minimum Gasteiger partial charge on any atom is -0.506 e. The Morgan fingerprint density at radius 1 is 1.16 bits per heavy atom. The zero-order valence-electron chi connectivity index (χ0n) is 10.3. The Balaban J connectivity index is 2.38. The molecule has 0 heterocycles. The molecule has 3 N–H and O–H groups in total. The lowest BCUT2D eigenvalue weighted by atomic mass is 10.0. The predicted molar refractivity (Wildman–Crippen MR) is 70.2 cm³/mol. The zero-order chi connectivity index (χ0) is 14.0. The Morgan fingerprint density at radius 3 is 2.53 bits per heavy atom. The van der Waals surface area contributed by atoms with Crippen molar-refractivity contribution < 1.29 is 19.8 Å². The Labute approximate surface area is 109 Å². The van der Waals surface area contributed by atoms with Gasteiger partial charge in [-0.1, -0.05) is 30.3 Å². The maximum absolute atomic E-state index is 11.9. The fourth-order valence-corrected chi connectivity index (χ4v) is 1.77. The van der Waals surface area contributed by atoms with Crippen molar-refractivity contribution in [1.29, 1.82) is 0 Å². The maximum Gasteiger partial charge on any atom is 0.325 e. The van der Waals surface area contributed by atoms with Crippen LogP contribution >= 0.6 is 0 Å². The summed E-state index contributed by atoms with van der Waals surface area (Å²) in [6.07, 6.45) is 0. The summed E-state index contributed by atoms with van der Waals surface area (Å²) in [6, 6.07) is 9.26. The molecule has 5 nitrogen and oxygen atoms in total. The average molecular weight is 259 g/mol. The van der Waals surface area contributed by atoms with Gasteiger partial charge in [0, 0.05) is 5.39 Å². The summed E-state index contributed by atoms with van der Waals surface area (Å²) in [6.45, 7) is 1.36. The number of phenolic OH excluding ortho intramolecular Hbond substituents is 1. The van der Waals surface area contributed by atoms with E-state index in [2.05, 4.69) is 5.32 Å². The fraction of sp³-hybridized carbons (Fsp3) is 0.143. The number of carboxylic acids is 1. The Kier molecular flexibility index (Phi) is 3.37. The lowest BCUT2D eigenvalue weighted by molar-refractivity contribution is -0.138. The van der Waals surface area contributed by atoms with E-state index < -0.39 is 17.9 Å². The van der Waals surface area contributed by atoms with Gasteiger partial charge in [-0.05, 0) is 18.4 Å². The van der Waals surface area contributed by atoms with Gasteiger partial charge in [-0.3, -0.25) is 9.59 Å². The highest BCUT2D eigenvalue weighted by Crippen LogP contribution is 2.28. The van der Waals surface area contributed by atoms with Crippen LogP contribution in [0.2, 0.25) is 0 Å². The van der Waals surface area contributed by atoms with Crippen molar-refractivity contribution in [3.05, 3.63) is 42.0 Å². The molecule has 0 fully saturated rings. The molecule has 19 heavy (non-hydrogen) atoms. The van der Waals surface area contributed by atoms with Crippen molar-refractivity contribution in [3.63, 3.8) is 0 Å². The molecule has 5 heteroatoms. The molecule has 1 atom stereocenters. The van der Waals surface area contributed by atoms with Gasteiger partial charge in [0.15, 0.2) is 0 Å². The summed E-state index contributed by atoms with van der Waals surface area (Å²) in [7, 11) is 0. The molecule has 2 aromatic rings. The molecule has 98 valence electrons. The standard InChI is InChI=1S/C14H13NO4/c1-8(14(18)19)15-13(17)11-7-6-9-4-2-3-5-10(9)12(11)16/h2-8,16H,1H3,(H,15,17)(H,18,19). The average Bonchev–Trinajstić information content (AvgIpc) is 2.39. The summed E-state index contributed by atoms with van der Waals surface area (Å²) >= 11 is 0. The summed E-state index contributed by atoms with van der Waals surface area (Å²) in [5, 5.41) is 22.5. The second-order valence-electron chi connectivity index (χ2n) is 4.22. The van der Waals surface area contributed by atoms with Gasteiger partial charge in [0.05, 0.1) is 5.56 Å². The van der Waals surface area contributed by atoms with Gasteiger partial charge in [-0.25, -0.2) is 0 Å². The quantitative estimate of drug-likeness (QED) is 0.783. The Morgan fingerprint density at radius 2 is 1.84 bits per heavy atom. The van der Waals surface area contributed by atoms with Crippen molar-refractivity contribution in [2.45, 2.75) is 13.0 Å². The Hall–Kier alpha value is -2.56. The summed E-state index contributed by atoms with van der Waals surface area (Å²) in [4.78, 5) is 22.6. The molecule has 0 bridgehead atoms. The molecule has 0 saturated heterocycles. The van der Waals surface area contributed by atoms with Crippen LogP contribution in [-0.2, 0) is 4.79 Å². The van der Waals surface area contributed by atoms with Gasteiger partial charge in [0.1, 0.15) is 11.8 Å². The number of aliphatic carboxylic acids is 1. The smallest absolute Gasteiger partial charge is 0.325 e. The first kappa shape index (κ1) is 12.9. The monoisotopic (exact) mass is 259 g/mol. The molecule has 0 aliphatic heterocycles. The van der Waals surface area contributed by atoms with Crippen LogP contribution in [0, 0.1) is 0 Å². The van der Waals surface area contributed by atoms with Crippen LogP contribution < -0.4 is 5.32 Å². The fourth-order valence-electron chi connectivity index (χ4n) is 1.77. The van der Waals surface area contributed by atoms with E-state index in [4.69, 9.17) is 5.11 Å². The second-order valence-corrected chi connectivity index (χ2v) is 4.22. The lowest BCUT2D eigenvalue weighted by Gasteiger charge is -2.11. The lowest BCUT2D eigenvalue weighted by Crippen LogP contribution is -2.38. The highest BCUT2D eigenvalue weighted by Gasteiger charge is 2.18. The predicted octanol–water partition coefficient (Wildman–Crippen LogP) is 1.75. The topological polar surface area (TPSA) is 86.6 Å². The molecule has 2 rings (SSSR count). The van der Waals surface area contributed by atoms with Gasteiger partial charge in [-0.2, -0.15) is 0 Å². The number of carbonyl (C=O) groups excluding carboxylic acids is 1. The van der Waals surface area contributed by atoms with Crippen molar-refractivity contribution in [3.8, 4) is 5.75 Å². The van der Waals surface area contributed by atoms with Crippen molar-refractivity contribution in [2.75, 3.05) is 0 Å². The third-order valence-corrected chi connectivity index (χ3v) is 2.86. The second kappa shape index (κ2) is 4.97. The minimum atomic E-state index is -1.13. The first-order valence-electron chi connectivity index (χ1n) is 5.75. The van der Waals surface area contributed by atoms with Gasteiger partial charge in [0.25, 0.3) is 5.91 Å². The van der Waals surface area contributed by atoms with Gasteiger partial charge in [-0.15, -0.1) is 0 Å². The molecule has 0 aliphatic carbocycles. The number of phenols is 1. The molecule has 2 aromatic carbocycles. The summed E-state index contributed by atoms with van der Waals surface area (Å²) < 4.78 is 0. The van der Waals surface area contributed by atoms with Gasteiger partial charge in [0.2, 0.25) is 0 Å². The highest BCUT2D eigenvalue weighted by atomic mass is 16.4. The van der Waals surface area contributed by atoms with Crippen LogP contribution in [0.25, 0.3) is 10.8 Å². The number of carbonyl (C=O) groups is 2. The van der Waals surface area contributed by atoms with E-state index in [1.54, 1.807) is 18.2 Å². The van der Waals surface area contributed by atoms with Crippen LogP contribution in [-0.4, -0.2) is 28.1 Å². The number of nitrogens with one attached hydrogen (secondary N) is 1. The van der Waals surface area contributed by atoms with Crippen LogP contribution in [0.3, 0.4) is 0 Å².